The van der Waals surface area contributed by atoms with Crippen molar-refractivity contribution in [1.82, 2.24) is 24.4 Å². The van der Waals surface area contributed by atoms with Gasteiger partial charge in [-0.15, -0.1) is 0 Å². The molecule has 1 atom stereocenters. The minimum Gasteiger partial charge on any atom is -0.379 e. The number of imidazole rings is 1. The van der Waals surface area contributed by atoms with Gasteiger partial charge in [0.05, 0.1) is 37.5 Å². The highest BCUT2D eigenvalue weighted by molar-refractivity contribution is 5.78. The Morgan fingerprint density at radius 3 is 2.51 bits per heavy atom. The predicted octanol–water partition coefficient (Wildman–Crippen LogP) is 4.28. The molecule has 0 bridgehead atoms. The number of fused-ring (bicyclic) bond motifs is 1. The lowest BCUT2D eigenvalue weighted by Crippen LogP contribution is -2.50. The third kappa shape index (κ3) is 5.71. The highest BCUT2D eigenvalue weighted by Crippen LogP contribution is 2.31. The summed E-state index contributed by atoms with van der Waals surface area (Å²) in [6.45, 7) is 8.18. The fourth-order valence-electron chi connectivity index (χ4n) is 6.18. The predicted molar refractivity (Wildman–Crippen MR) is 146 cm³/mol. The Hall–Kier alpha value is -2.89. The minimum atomic E-state index is -2.74. The van der Waals surface area contributed by atoms with Gasteiger partial charge in [0.2, 0.25) is 5.95 Å². The Morgan fingerprint density at radius 1 is 0.974 bits per heavy atom. The Balaban J connectivity index is 1.23. The molecule has 1 aliphatic carbocycles. The van der Waals surface area contributed by atoms with Crippen LogP contribution in [0.2, 0.25) is 0 Å². The normalized spacial score (nSPS) is 24.9. The summed E-state index contributed by atoms with van der Waals surface area (Å²) < 4.78 is 40.8. The van der Waals surface area contributed by atoms with Crippen LogP contribution in [0.1, 0.15) is 44.9 Å². The van der Waals surface area contributed by atoms with E-state index in [2.05, 4.69) is 22.1 Å². The summed E-state index contributed by atoms with van der Waals surface area (Å²) in [7, 11) is 0. The lowest BCUT2D eigenvalue weighted by Gasteiger charge is -2.42. The highest BCUT2D eigenvalue weighted by Gasteiger charge is 2.30. The van der Waals surface area contributed by atoms with Crippen molar-refractivity contribution in [3.63, 3.8) is 0 Å². The largest absolute Gasteiger partial charge is 0.379 e. The smallest absolute Gasteiger partial charge is 0.296 e. The van der Waals surface area contributed by atoms with E-state index < -0.39 is 6.43 Å². The molecule has 0 radical (unpaired) electrons. The first-order valence-corrected chi connectivity index (χ1v) is 14.1. The van der Waals surface area contributed by atoms with Crippen molar-refractivity contribution >= 4 is 22.8 Å². The lowest BCUT2D eigenvalue weighted by atomic mass is 9.84. The Morgan fingerprint density at radius 2 is 1.74 bits per heavy atom. The van der Waals surface area contributed by atoms with Gasteiger partial charge in [0, 0.05) is 44.3 Å². The molecular weight excluding hydrogens is 504 g/mol. The van der Waals surface area contributed by atoms with Gasteiger partial charge < -0.3 is 19.7 Å². The quantitative estimate of drug-likeness (QED) is 0.475. The van der Waals surface area contributed by atoms with Gasteiger partial charge in [0.1, 0.15) is 11.6 Å². The maximum Gasteiger partial charge on any atom is 0.296 e. The molecule has 3 fully saturated rings. The molecule has 0 unspecified atom stereocenters. The van der Waals surface area contributed by atoms with Crippen LogP contribution in [-0.4, -0.2) is 89.1 Å². The van der Waals surface area contributed by atoms with E-state index in [0.29, 0.717) is 72.9 Å². The fourth-order valence-corrected chi connectivity index (χ4v) is 6.18. The van der Waals surface area contributed by atoms with Crippen molar-refractivity contribution in [2.75, 3.05) is 62.8 Å². The molecular formula is C28H37F2N7O2. The molecule has 1 N–H and O–H groups in total. The number of rotatable bonds is 7. The summed E-state index contributed by atoms with van der Waals surface area (Å²) in [5.74, 6) is 1.77. The first kappa shape index (κ1) is 26.3. The van der Waals surface area contributed by atoms with Crippen LogP contribution in [0.15, 0.2) is 30.3 Å². The lowest BCUT2D eigenvalue weighted by molar-refractivity contribution is -0.0317. The number of alkyl halides is 2. The second-order valence-corrected chi connectivity index (χ2v) is 10.8. The number of nitrogens with zero attached hydrogens (tertiary/aromatic N) is 6. The number of nitrogens with one attached hydrogen (secondary N) is 1. The number of para-hydroxylation sites is 2. The van der Waals surface area contributed by atoms with E-state index in [4.69, 9.17) is 19.4 Å². The summed E-state index contributed by atoms with van der Waals surface area (Å²) in [6, 6.07) is 10.0. The van der Waals surface area contributed by atoms with Crippen molar-refractivity contribution in [3.8, 4) is 5.82 Å². The van der Waals surface area contributed by atoms with Crippen LogP contribution in [-0.2, 0) is 9.47 Å². The van der Waals surface area contributed by atoms with Crippen LogP contribution < -0.4 is 10.2 Å². The average molecular weight is 542 g/mol. The Bertz CT molecular complexity index is 1260. The summed E-state index contributed by atoms with van der Waals surface area (Å²) in [6.07, 6.45) is 1.93. The molecule has 2 aromatic heterocycles. The van der Waals surface area contributed by atoms with E-state index in [0.717, 1.165) is 39.1 Å². The zero-order valence-electron chi connectivity index (χ0n) is 22.4. The number of benzene rings is 1. The van der Waals surface area contributed by atoms with Gasteiger partial charge in [-0.1, -0.05) is 12.1 Å². The molecule has 210 valence electrons. The van der Waals surface area contributed by atoms with Crippen LogP contribution in [0.5, 0.6) is 0 Å². The standard InChI is InChI=1S/C28H37F2N7O2/c1-19-18-39-15-12-36(19)21-8-6-20(7-9-21)17-31-24-16-25(34-28(33-24)35-10-13-38-14-11-35)37-23-5-3-2-4-22(23)32-27(37)26(29)30/h2-5,16,19-21,26H,6-15,17-18H2,1H3,(H,31,33,34)/t19-,20?,21?/m1/s1. The second-order valence-electron chi connectivity index (χ2n) is 10.8. The van der Waals surface area contributed by atoms with E-state index in [1.165, 1.54) is 17.4 Å². The summed E-state index contributed by atoms with van der Waals surface area (Å²) in [5, 5.41) is 3.53. The molecule has 3 aliphatic rings. The number of hydrogen-bond donors (Lipinski definition) is 1. The zero-order valence-corrected chi connectivity index (χ0v) is 22.4. The molecule has 0 spiro atoms. The molecule has 39 heavy (non-hydrogen) atoms. The van der Waals surface area contributed by atoms with Gasteiger partial charge in [-0.25, -0.2) is 13.8 Å². The molecule has 4 heterocycles. The van der Waals surface area contributed by atoms with Crippen molar-refractivity contribution in [3.05, 3.63) is 36.2 Å². The molecule has 6 rings (SSSR count). The number of anilines is 2. The van der Waals surface area contributed by atoms with Crippen LogP contribution >= 0.6 is 0 Å². The Labute approximate surface area is 227 Å². The molecule has 2 saturated heterocycles. The van der Waals surface area contributed by atoms with E-state index >= 15 is 0 Å². The molecule has 1 aromatic carbocycles. The topological polar surface area (TPSA) is 80.6 Å². The van der Waals surface area contributed by atoms with Crippen LogP contribution in [0.3, 0.4) is 0 Å². The summed E-state index contributed by atoms with van der Waals surface area (Å²) in [4.78, 5) is 18.4. The Kier molecular flexibility index (Phi) is 7.90. The first-order valence-electron chi connectivity index (χ1n) is 14.1. The number of halogens is 2. The maximum absolute atomic E-state index is 14.1. The zero-order chi connectivity index (χ0) is 26.8. The maximum atomic E-state index is 14.1. The van der Waals surface area contributed by atoms with Crippen LogP contribution in [0.4, 0.5) is 20.5 Å². The van der Waals surface area contributed by atoms with Crippen molar-refractivity contribution in [1.29, 1.82) is 0 Å². The molecule has 9 nitrogen and oxygen atoms in total. The van der Waals surface area contributed by atoms with Gasteiger partial charge in [-0.3, -0.25) is 9.47 Å². The molecule has 1 saturated carbocycles. The number of aromatic nitrogens is 4. The van der Waals surface area contributed by atoms with E-state index in [1.807, 2.05) is 11.0 Å². The summed E-state index contributed by atoms with van der Waals surface area (Å²) >= 11 is 0. The van der Waals surface area contributed by atoms with Crippen molar-refractivity contribution in [2.24, 2.45) is 5.92 Å². The molecule has 11 heteroatoms. The third-order valence-electron chi connectivity index (χ3n) is 8.28. The second kappa shape index (κ2) is 11.7. The van der Waals surface area contributed by atoms with Crippen molar-refractivity contribution < 1.29 is 18.3 Å². The number of ether oxygens (including phenoxy) is 2. The van der Waals surface area contributed by atoms with E-state index in [1.54, 1.807) is 24.3 Å². The number of morpholine rings is 2. The summed E-state index contributed by atoms with van der Waals surface area (Å²) in [5.41, 5.74) is 1.11. The van der Waals surface area contributed by atoms with Gasteiger partial charge >= 0.3 is 0 Å². The monoisotopic (exact) mass is 541 g/mol. The highest BCUT2D eigenvalue weighted by atomic mass is 19.3. The third-order valence-corrected chi connectivity index (χ3v) is 8.28. The van der Waals surface area contributed by atoms with Gasteiger partial charge in [0.25, 0.3) is 6.43 Å². The molecule has 3 aromatic rings. The van der Waals surface area contributed by atoms with E-state index in [-0.39, 0.29) is 5.82 Å². The fraction of sp³-hybridized carbons (Fsp3) is 0.607. The SMILES string of the molecule is C[C@@H]1COCCN1C1CCC(CNc2cc(-n3c(C(F)F)nc4ccccc43)nc(N3CCOCC3)n2)CC1. The van der Waals surface area contributed by atoms with Crippen molar-refractivity contribution in [2.45, 2.75) is 51.1 Å². The van der Waals surface area contributed by atoms with Gasteiger partial charge in [0.15, 0.2) is 5.82 Å². The van der Waals surface area contributed by atoms with Crippen LogP contribution in [0.25, 0.3) is 16.9 Å². The molecule has 0 amide bonds. The molecule has 2 aliphatic heterocycles. The first-order chi connectivity index (χ1) is 19.1. The van der Waals surface area contributed by atoms with Crippen LogP contribution in [0, 0.1) is 5.92 Å². The minimum absolute atomic E-state index is 0.315. The number of hydrogen-bond acceptors (Lipinski definition) is 8. The average Bonchev–Trinajstić information content (AvgIpc) is 3.37. The van der Waals surface area contributed by atoms with E-state index in [9.17, 15) is 8.78 Å². The van der Waals surface area contributed by atoms with Gasteiger partial charge in [-0.2, -0.15) is 9.97 Å². The van der Waals surface area contributed by atoms with Gasteiger partial charge in [-0.05, 0) is 50.7 Å².